The first-order valence-corrected chi connectivity index (χ1v) is 9.63. The second-order valence-electron chi connectivity index (χ2n) is 7.45. The van der Waals surface area contributed by atoms with Crippen molar-refractivity contribution in [2.24, 2.45) is 18.5 Å². The average molecular weight is 397 g/mol. The molecule has 1 saturated carbocycles. The molecule has 2 heterocycles. The lowest BCUT2D eigenvalue weighted by molar-refractivity contribution is 0.100. The third-order valence-electron chi connectivity index (χ3n) is 5.39. The van der Waals surface area contributed by atoms with Crippen LogP contribution in [0.5, 0.6) is 0 Å². The normalized spacial score (nSPS) is 19.3. The Morgan fingerprint density at radius 2 is 2.03 bits per heavy atom. The number of hydrogen-bond acceptors (Lipinski definition) is 6. The average Bonchev–Trinajstić information content (AvgIpc) is 3.06. The van der Waals surface area contributed by atoms with E-state index in [0.29, 0.717) is 5.69 Å². The number of benzene rings is 1. The lowest BCUT2D eigenvalue weighted by atomic mass is 9.91. The van der Waals surface area contributed by atoms with Crippen LogP contribution in [-0.4, -0.2) is 32.8 Å². The summed E-state index contributed by atoms with van der Waals surface area (Å²) in [6.45, 7) is 0. The Morgan fingerprint density at radius 1 is 1.24 bits per heavy atom. The van der Waals surface area contributed by atoms with Gasteiger partial charge in [0, 0.05) is 30.2 Å². The van der Waals surface area contributed by atoms with Gasteiger partial charge in [-0.1, -0.05) is 12.8 Å². The van der Waals surface area contributed by atoms with E-state index in [4.69, 9.17) is 11.5 Å². The van der Waals surface area contributed by atoms with E-state index in [1.165, 1.54) is 0 Å². The number of carbonyl (C=O) groups is 1. The van der Waals surface area contributed by atoms with Crippen LogP contribution in [0, 0.1) is 5.82 Å². The van der Waals surface area contributed by atoms with Crippen molar-refractivity contribution in [1.29, 1.82) is 0 Å². The fourth-order valence-corrected chi connectivity index (χ4v) is 3.77. The van der Waals surface area contributed by atoms with E-state index < -0.39 is 11.7 Å². The predicted molar refractivity (Wildman–Crippen MR) is 111 cm³/mol. The second kappa shape index (κ2) is 7.67. The predicted octanol–water partition coefficient (Wildman–Crippen LogP) is 2.63. The number of nitrogens with one attached hydrogen (secondary N) is 2. The molecule has 3 aromatic rings. The Bertz CT molecular complexity index is 1060. The zero-order valence-corrected chi connectivity index (χ0v) is 16.2. The minimum absolute atomic E-state index is 0.0210. The first-order valence-electron chi connectivity index (χ1n) is 9.63. The summed E-state index contributed by atoms with van der Waals surface area (Å²) in [5.41, 5.74) is 13.2. The number of aryl methyl sites for hydroxylation is 1. The maximum atomic E-state index is 14.6. The van der Waals surface area contributed by atoms with Crippen LogP contribution in [0.3, 0.4) is 0 Å². The number of nitrogens with two attached hydrogens (primary N) is 2. The Kier molecular flexibility index (Phi) is 5.06. The second-order valence-corrected chi connectivity index (χ2v) is 7.45. The van der Waals surface area contributed by atoms with Gasteiger partial charge in [-0.05, 0) is 37.1 Å². The summed E-state index contributed by atoms with van der Waals surface area (Å²) >= 11 is 0. The molecule has 9 heteroatoms. The molecule has 1 aromatic carbocycles. The molecule has 1 amide bonds. The topological polar surface area (TPSA) is 124 Å². The lowest BCUT2D eigenvalue weighted by Crippen LogP contribution is -2.43. The molecular formula is C20H24FN7O. The molecule has 0 bridgehead atoms. The lowest BCUT2D eigenvalue weighted by Gasteiger charge is -2.30. The summed E-state index contributed by atoms with van der Waals surface area (Å²) in [7, 11) is 1.86. The summed E-state index contributed by atoms with van der Waals surface area (Å²) in [4.78, 5) is 16.2. The third-order valence-corrected chi connectivity index (χ3v) is 5.39. The number of amides is 1. The number of fused-ring (bicyclic) bond motifs is 1. The van der Waals surface area contributed by atoms with Crippen LogP contribution in [-0.2, 0) is 7.05 Å². The summed E-state index contributed by atoms with van der Waals surface area (Å²) in [5.74, 6) is -1.15. The number of halogens is 1. The number of pyridine rings is 1. The van der Waals surface area contributed by atoms with Crippen molar-refractivity contribution in [2.45, 2.75) is 37.8 Å². The van der Waals surface area contributed by atoms with Crippen molar-refractivity contribution in [3.63, 3.8) is 0 Å². The van der Waals surface area contributed by atoms with Crippen LogP contribution in [0.15, 0.2) is 30.5 Å². The maximum Gasteiger partial charge on any atom is 0.252 e. The first kappa shape index (κ1) is 19.1. The highest BCUT2D eigenvalue weighted by Gasteiger charge is 2.24. The molecule has 4 rings (SSSR count). The Hall–Kier alpha value is -3.20. The first-order chi connectivity index (χ1) is 13.9. The monoisotopic (exact) mass is 397 g/mol. The number of carbonyl (C=O) groups excluding carboxylic acids is 1. The number of hydrogen-bond donors (Lipinski definition) is 4. The Morgan fingerprint density at radius 3 is 2.79 bits per heavy atom. The minimum atomic E-state index is -0.762. The summed E-state index contributed by atoms with van der Waals surface area (Å²) < 4.78 is 16.4. The SMILES string of the molecule is Cn1ncc2cc(Nc3nc(NC4CCCCC4N)c(F)cc3C(N)=O)ccc21. The molecule has 1 aliphatic rings. The highest BCUT2D eigenvalue weighted by atomic mass is 19.1. The molecule has 0 saturated heterocycles. The number of primary amides is 1. The summed E-state index contributed by atoms with van der Waals surface area (Å²) in [5, 5.41) is 11.3. The standard InChI is InChI=1S/C20H24FN7O/c1-28-17-7-6-12(8-11(17)10-24-28)25-19-13(18(23)29)9-14(21)20(27-19)26-16-5-3-2-4-15(16)22/h6-10,15-16H,2-5,22H2,1H3,(H2,23,29)(H2,25,26,27). The van der Waals surface area contributed by atoms with Crippen molar-refractivity contribution in [3.05, 3.63) is 41.8 Å². The van der Waals surface area contributed by atoms with Crippen LogP contribution in [0.25, 0.3) is 10.9 Å². The zero-order valence-electron chi connectivity index (χ0n) is 16.2. The van der Waals surface area contributed by atoms with Crippen LogP contribution in [0.2, 0.25) is 0 Å². The van der Waals surface area contributed by atoms with Gasteiger partial charge in [0.2, 0.25) is 0 Å². The van der Waals surface area contributed by atoms with E-state index in [9.17, 15) is 9.18 Å². The number of nitrogens with zero attached hydrogens (tertiary/aromatic N) is 3. The molecular weight excluding hydrogens is 373 g/mol. The summed E-state index contributed by atoms with van der Waals surface area (Å²) in [6, 6.07) is 6.59. The smallest absolute Gasteiger partial charge is 0.252 e. The van der Waals surface area contributed by atoms with E-state index >= 15 is 0 Å². The Labute approximate surface area is 167 Å². The van der Waals surface area contributed by atoms with Gasteiger partial charge in [-0.3, -0.25) is 9.48 Å². The van der Waals surface area contributed by atoms with E-state index in [-0.39, 0.29) is 29.3 Å². The fourth-order valence-electron chi connectivity index (χ4n) is 3.77. The van der Waals surface area contributed by atoms with Crippen molar-refractivity contribution in [2.75, 3.05) is 10.6 Å². The molecule has 0 radical (unpaired) electrons. The van der Waals surface area contributed by atoms with Gasteiger partial charge in [0.15, 0.2) is 11.6 Å². The summed E-state index contributed by atoms with van der Waals surface area (Å²) in [6.07, 6.45) is 5.57. The highest BCUT2D eigenvalue weighted by Crippen LogP contribution is 2.28. The highest BCUT2D eigenvalue weighted by molar-refractivity contribution is 5.99. The molecule has 1 aliphatic carbocycles. The van der Waals surface area contributed by atoms with Gasteiger partial charge in [-0.2, -0.15) is 5.10 Å². The van der Waals surface area contributed by atoms with E-state index in [1.54, 1.807) is 10.9 Å². The fraction of sp³-hybridized carbons (Fsp3) is 0.350. The molecule has 2 atom stereocenters. The molecule has 8 nitrogen and oxygen atoms in total. The van der Waals surface area contributed by atoms with E-state index in [0.717, 1.165) is 42.7 Å². The molecule has 0 aliphatic heterocycles. The van der Waals surface area contributed by atoms with Crippen molar-refractivity contribution in [3.8, 4) is 0 Å². The number of aromatic nitrogens is 3. The molecule has 152 valence electrons. The van der Waals surface area contributed by atoms with Gasteiger partial charge in [-0.25, -0.2) is 9.37 Å². The van der Waals surface area contributed by atoms with Crippen molar-refractivity contribution in [1.82, 2.24) is 14.8 Å². The Balaban J connectivity index is 1.67. The van der Waals surface area contributed by atoms with Gasteiger partial charge < -0.3 is 22.1 Å². The third kappa shape index (κ3) is 3.86. The quantitative estimate of drug-likeness (QED) is 0.525. The van der Waals surface area contributed by atoms with Crippen LogP contribution < -0.4 is 22.1 Å². The molecule has 1 fully saturated rings. The van der Waals surface area contributed by atoms with Crippen LogP contribution in [0.1, 0.15) is 36.0 Å². The van der Waals surface area contributed by atoms with Gasteiger partial charge >= 0.3 is 0 Å². The van der Waals surface area contributed by atoms with Gasteiger partial charge in [-0.15, -0.1) is 0 Å². The maximum absolute atomic E-state index is 14.6. The zero-order chi connectivity index (χ0) is 20.5. The largest absolute Gasteiger partial charge is 0.365 e. The van der Waals surface area contributed by atoms with E-state index in [2.05, 4.69) is 20.7 Å². The molecule has 0 spiro atoms. The van der Waals surface area contributed by atoms with E-state index in [1.807, 2.05) is 25.2 Å². The van der Waals surface area contributed by atoms with Crippen LogP contribution in [0.4, 0.5) is 21.7 Å². The molecule has 6 N–H and O–H groups in total. The number of rotatable bonds is 5. The molecule has 29 heavy (non-hydrogen) atoms. The van der Waals surface area contributed by atoms with Crippen molar-refractivity contribution >= 4 is 34.1 Å². The van der Waals surface area contributed by atoms with Gasteiger partial charge in [0.05, 0.1) is 17.3 Å². The van der Waals surface area contributed by atoms with Gasteiger partial charge in [0.25, 0.3) is 5.91 Å². The van der Waals surface area contributed by atoms with Crippen molar-refractivity contribution < 1.29 is 9.18 Å². The van der Waals surface area contributed by atoms with Crippen LogP contribution >= 0.6 is 0 Å². The van der Waals surface area contributed by atoms with Gasteiger partial charge in [0.1, 0.15) is 5.82 Å². The molecule has 2 unspecified atom stereocenters. The number of anilines is 3. The molecule has 2 aromatic heterocycles. The minimum Gasteiger partial charge on any atom is -0.365 e.